The van der Waals surface area contributed by atoms with Gasteiger partial charge in [-0.25, -0.2) is 0 Å². The van der Waals surface area contributed by atoms with Crippen LogP contribution < -0.4 is 5.73 Å². The zero-order valence-electron chi connectivity index (χ0n) is 9.11. The highest BCUT2D eigenvalue weighted by Gasteiger charge is 2.11. The van der Waals surface area contributed by atoms with Gasteiger partial charge in [-0.1, -0.05) is 37.9 Å². The molecule has 0 bridgehead atoms. The van der Waals surface area contributed by atoms with E-state index in [9.17, 15) is 0 Å². The highest BCUT2D eigenvalue weighted by atomic mass is 79.9. The summed E-state index contributed by atoms with van der Waals surface area (Å²) in [5.74, 6) is 0. The zero-order chi connectivity index (χ0) is 12.3. The van der Waals surface area contributed by atoms with Crippen LogP contribution in [0.25, 0.3) is 0 Å². The second-order valence-electron chi connectivity index (χ2n) is 3.80. The molecule has 1 heterocycles. The first-order valence-corrected chi connectivity index (χ1v) is 6.86. The molecule has 0 fully saturated rings. The van der Waals surface area contributed by atoms with E-state index in [1.807, 2.05) is 36.4 Å². The summed E-state index contributed by atoms with van der Waals surface area (Å²) in [5.41, 5.74) is 8.30. The largest absolute Gasteiger partial charge is 0.324 e. The number of rotatable bonds is 3. The molecule has 0 aliphatic rings. The maximum atomic E-state index is 6.21. The van der Waals surface area contributed by atoms with Crippen LogP contribution >= 0.6 is 31.9 Å². The van der Waals surface area contributed by atoms with Crippen molar-refractivity contribution in [1.82, 2.24) is 4.98 Å². The van der Waals surface area contributed by atoms with Crippen LogP contribution in [0.15, 0.2) is 51.5 Å². The van der Waals surface area contributed by atoms with Gasteiger partial charge < -0.3 is 5.73 Å². The van der Waals surface area contributed by atoms with E-state index in [0.29, 0.717) is 0 Å². The van der Waals surface area contributed by atoms with Crippen LogP contribution in [-0.2, 0) is 6.42 Å². The highest BCUT2D eigenvalue weighted by molar-refractivity contribution is 9.11. The Kier molecular flexibility index (Phi) is 4.31. The van der Waals surface area contributed by atoms with E-state index in [0.717, 1.165) is 26.6 Å². The van der Waals surface area contributed by atoms with Crippen molar-refractivity contribution in [2.75, 3.05) is 0 Å². The normalized spacial score (nSPS) is 12.4. The average Bonchev–Trinajstić information content (AvgIpc) is 2.33. The van der Waals surface area contributed by atoms with Crippen LogP contribution in [0.4, 0.5) is 0 Å². The molecule has 4 heteroatoms. The monoisotopic (exact) mass is 354 g/mol. The Morgan fingerprint density at radius 2 is 2.00 bits per heavy atom. The molecule has 0 saturated carbocycles. The molecule has 0 radical (unpaired) electrons. The molecule has 2 rings (SSSR count). The zero-order valence-corrected chi connectivity index (χ0v) is 12.3. The van der Waals surface area contributed by atoms with E-state index in [4.69, 9.17) is 5.73 Å². The van der Waals surface area contributed by atoms with Gasteiger partial charge in [0.05, 0.1) is 0 Å². The minimum atomic E-state index is -0.0585. The van der Waals surface area contributed by atoms with Crippen molar-refractivity contribution in [2.45, 2.75) is 12.5 Å². The molecule has 0 aliphatic carbocycles. The number of nitrogens with zero attached hydrogens (tertiary/aromatic N) is 1. The number of nitrogens with two attached hydrogens (primary N) is 1. The molecule has 88 valence electrons. The van der Waals surface area contributed by atoms with Gasteiger partial charge in [0.1, 0.15) is 0 Å². The van der Waals surface area contributed by atoms with Gasteiger partial charge in [0.2, 0.25) is 0 Å². The molecule has 2 nitrogen and oxygen atoms in total. The number of hydrogen-bond acceptors (Lipinski definition) is 2. The molecule has 1 atom stereocenters. The Morgan fingerprint density at radius 1 is 1.18 bits per heavy atom. The van der Waals surface area contributed by atoms with Crippen LogP contribution in [0.5, 0.6) is 0 Å². The van der Waals surface area contributed by atoms with Gasteiger partial charge in [0.25, 0.3) is 0 Å². The third-order valence-electron chi connectivity index (χ3n) is 2.51. The van der Waals surface area contributed by atoms with E-state index in [1.165, 1.54) is 0 Å². The Bertz CT molecular complexity index is 500. The van der Waals surface area contributed by atoms with Gasteiger partial charge in [0.15, 0.2) is 0 Å². The molecular formula is C13H12Br2N2. The summed E-state index contributed by atoms with van der Waals surface area (Å²) in [6, 6.07) is 11.8. The number of hydrogen-bond donors (Lipinski definition) is 1. The third kappa shape index (κ3) is 3.37. The van der Waals surface area contributed by atoms with Crippen molar-refractivity contribution in [1.29, 1.82) is 0 Å². The second kappa shape index (κ2) is 5.76. The first-order chi connectivity index (χ1) is 8.16. The quantitative estimate of drug-likeness (QED) is 0.908. The molecule has 0 aliphatic heterocycles. The topological polar surface area (TPSA) is 38.9 Å². The number of pyridine rings is 1. The van der Waals surface area contributed by atoms with Crippen molar-refractivity contribution in [2.24, 2.45) is 5.73 Å². The summed E-state index contributed by atoms with van der Waals surface area (Å²) in [5, 5.41) is 0. The summed E-state index contributed by atoms with van der Waals surface area (Å²) in [4.78, 5) is 4.29. The minimum absolute atomic E-state index is 0.0585. The fraction of sp³-hybridized carbons (Fsp3) is 0.154. The third-order valence-corrected chi connectivity index (χ3v) is 3.73. The van der Waals surface area contributed by atoms with E-state index in [1.54, 1.807) is 6.20 Å². The lowest BCUT2D eigenvalue weighted by Crippen LogP contribution is -2.14. The Labute approximate surface area is 118 Å². The fourth-order valence-electron chi connectivity index (χ4n) is 1.65. The molecule has 0 saturated heterocycles. The summed E-state index contributed by atoms with van der Waals surface area (Å²) in [7, 11) is 0. The average molecular weight is 356 g/mol. The van der Waals surface area contributed by atoms with Crippen LogP contribution in [0, 0.1) is 0 Å². The van der Waals surface area contributed by atoms with Crippen molar-refractivity contribution in [3.8, 4) is 0 Å². The van der Waals surface area contributed by atoms with Crippen LogP contribution in [0.2, 0.25) is 0 Å². The summed E-state index contributed by atoms with van der Waals surface area (Å²) in [6.07, 6.45) is 2.52. The SMILES string of the molecule is NC(Cc1ccccn1)c1cc(Br)ccc1Br. The lowest BCUT2D eigenvalue weighted by Gasteiger charge is -2.13. The molecule has 0 amide bonds. The summed E-state index contributed by atoms with van der Waals surface area (Å²) < 4.78 is 2.07. The number of benzene rings is 1. The van der Waals surface area contributed by atoms with Crippen LogP contribution in [0.3, 0.4) is 0 Å². The molecule has 1 aromatic carbocycles. The smallest absolute Gasteiger partial charge is 0.0422 e. The molecular weight excluding hydrogens is 344 g/mol. The standard InChI is InChI=1S/C13H12Br2N2/c14-9-4-5-12(15)11(7-9)13(16)8-10-3-1-2-6-17-10/h1-7,13H,8,16H2. The van der Waals surface area contributed by atoms with Gasteiger partial charge in [0, 0.05) is 33.3 Å². The minimum Gasteiger partial charge on any atom is -0.324 e. The van der Waals surface area contributed by atoms with Gasteiger partial charge in [-0.2, -0.15) is 0 Å². The van der Waals surface area contributed by atoms with E-state index < -0.39 is 0 Å². The van der Waals surface area contributed by atoms with Gasteiger partial charge in [-0.3, -0.25) is 4.98 Å². The molecule has 1 unspecified atom stereocenters. The first-order valence-electron chi connectivity index (χ1n) is 5.27. The van der Waals surface area contributed by atoms with Crippen molar-refractivity contribution in [3.63, 3.8) is 0 Å². The number of aromatic nitrogens is 1. The molecule has 0 spiro atoms. The van der Waals surface area contributed by atoms with Crippen molar-refractivity contribution in [3.05, 3.63) is 62.8 Å². The fourth-order valence-corrected chi connectivity index (χ4v) is 2.57. The van der Waals surface area contributed by atoms with Gasteiger partial charge >= 0.3 is 0 Å². The Hall–Kier alpha value is -0.710. The maximum absolute atomic E-state index is 6.21. The van der Waals surface area contributed by atoms with Crippen molar-refractivity contribution >= 4 is 31.9 Å². The molecule has 2 aromatic rings. The predicted molar refractivity (Wildman–Crippen MR) is 76.7 cm³/mol. The molecule has 1 aromatic heterocycles. The maximum Gasteiger partial charge on any atom is 0.0422 e. The van der Waals surface area contributed by atoms with E-state index in [2.05, 4.69) is 36.8 Å². The van der Waals surface area contributed by atoms with E-state index >= 15 is 0 Å². The Morgan fingerprint density at radius 3 is 2.71 bits per heavy atom. The lowest BCUT2D eigenvalue weighted by molar-refractivity contribution is 0.703. The molecule has 17 heavy (non-hydrogen) atoms. The van der Waals surface area contributed by atoms with Crippen LogP contribution in [-0.4, -0.2) is 4.98 Å². The molecule has 2 N–H and O–H groups in total. The number of halogens is 2. The van der Waals surface area contributed by atoms with E-state index in [-0.39, 0.29) is 6.04 Å². The predicted octanol–water partition coefficient (Wildman–Crippen LogP) is 3.85. The van der Waals surface area contributed by atoms with Crippen molar-refractivity contribution < 1.29 is 0 Å². The van der Waals surface area contributed by atoms with Crippen LogP contribution in [0.1, 0.15) is 17.3 Å². The first kappa shape index (κ1) is 12.7. The summed E-state index contributed by atoms with van der Waals surface area (Å²) >= 11 is 6.98. The van der Waals surface area contributed by atoms with Gasteiger partial charge in [-0.05, 0) is 35.9 Å². The lowest BCUT2D eigenvalue weighted by atomic mass is 10.0. The summed E-state index contributed by atoms with van der Waals surface area (Å²) in [6.45, 7) is 0. The van der Waals surface area contributed by atoms with Gasteiger partial charge in [-0.15, -0.1) is 0 Å². The second-order valence-corrected chi connectivity index (χ2v) is 5.57. The highest BCUT2D eigenvalue weighted by Crippen LogP contribution is 2.27. The Balaban J connectivity index is 2.20.